The molecule has 0 aromatic heterocycles. The first kappa shape index (κ1) is 17.0. The van der Waals surface area contributed by atoms with Gasteiger partial charge in [0, 0.05) is 6.08 Å². The fourth-order valence-corrected chi connectivity index (χ4v) is 1.34. The van der Waals surface area contributed by atoms with E-state index in [1.54, 1.807) is 24.3 Å². The van der Waals surface area contributed by atoms with E-state index in [4.69, 9.17) is 24.1 Å². The minimum Gasteiger partial charge on any atom is -0.508 e. The molecule has 0 bridgehead atoms. The van der Waals surface area contributed by atoms with E-state index in [2.05, 4.69) is 6.58 Å². The first-order chi connectivity index (χ1) is 10.2. The van der Waals surface area contributed by atoms with Gasteiger partial charge in [-0.1, -0.05) is 6.58 Å². The maximum Gasteiger partial charge on any atom is 0.330 e. The second-order valence-electron chi connectivity index (χ2n) is 3.94. The second-order valence-corrected chi connectivity index (χ2v) is 3.94. The van der Waals surface area contributed by atoms with Crippen LogP contribution >= 0.6 is 0 Å². The third-order valence-electron chi connectivity index (χ3n) is 2.34. The van der Waals surface area contributed by atoms with Crippen molar-refractivity contribution in [1.82, 2.24) is 0 Å². The molecule has 0 unspecified atom stereocenters. The van der Waals surface area contributed by atoms with Crippen molar-refractivity contribution in [3.8, 4) is 11.5 Å². The molecule has 0 radical (unpaired) electrons. The van der Waals surface area contributed by atoms with Crippen molar-refractivity contribution in [3.05, 3.63) is 36.9 Å². The Morgan fingerprint density at radius 1 is 1.00 bits per heavy atom. The Morgan fingerprint density at radius 3 is 2.19 bits per heavy atom. The molecule has 21 heavy (non-hydrogen) atoms. The monoisotopic (exact) mass is 296 g/mol. The molecule has 116 valence electrons. The van der Waals surface area contributed by atoms with Crippen molar-refractivity contribution in [3.63, 3.8) is 0 Å². The number of aromatic hydroxyl groups is 1. The van der Waals surface area contributed by atoms with Gasteiger partial charge in [-0.25, -0.2) is 4.79 Å². The Bertz CT molecular complexity index is 415. The van der Waals surface area contributed by atoms with E-state index >= 15 is 0 Å². The Balaban J connectivity index is 1.87. The second kappa shape index (κ2) is 10.7. The summed E-state index contributed by atoms with van der Waals surface area (Å²) in [6.45, 7) is 5.53. The van der Waals surface area contributed by atoms with Crippen molar-refractivity contribution in [1.29, 1.82) is 0 Å². The van der Waals surface area contributed by atoms with Gasteiger partial charge in [0.15, 0.2) is 0 Å². The van der Waals surface area contributed by atoms with Crippen LogP contribution < -0.4 is 4.74 Å². The fraction of sp³-hybridized carbons (Fsp3) is 0.400. The highest BCUT2D eigenvalue weighted by molar-refractivity contribution is 5.81. The first-order valence-corrected chi connectivity index (χ1v) is 6.59. The van der Waals surface area contributed by atoms with Crippen LogP contribution in [0, 0.1) is 0 Å². The minimum atomic E-state index is -0.457. The van der Waals surface area contributed by atoms with E-state index in [1.807, 2.05) is 0 Å². The molecule has 0 amide bonds. The van der Waals surface area contributed by atoms with Gasteiger partial charge < -0.3 is 24.1 Å². The Hall–Kier alpha value is -2.05. The summed E-state index contributed by atoms with van der Waals surface area (Å²) in [5, 5.41) is 9.10. The van der Waals surface area contributed by atoms with E-state index in [0.717, 1.165) is 6.08 Å². The van der Waals surface area contributed by atoms with Gasteiger partial charge in [0.25, 0.3) is 0 Å². The molecule has 0 spiro atoms. The van der Waals surface area contributed by atoms with Crippen molar-refractivity contribution in [2.45, 2.75) is 0 Å². The van der Waals surface area contributed by atoms with Crippen LogP contribution in [0.5, 0.6) is 11.5 Å². The lowest BCUT2D eigenvalue weighted by atomic mass is 10.3. The largest absolute Gasteiger partial charge is 0.508 e. The first-order valence-electron chi connectivity index (χ1n) is 6.59. The topological polar surface area (TPSA) is 74.2 Å². The van der Waals surface area contributed by atoms with Gasteiger partial charge in [0.05, 0.1) is 26.4 Å². The van der Waals surface area contributed by atoms with Gasteiger partial charge in [-0.2, -0.15) is 0 Å². The van der Waals surface area contributed by atoms with Gasteiger partial charge in [-0.15, -0.1) is 0 Å². The molecule has 0 fully saturated rings. The maximum atomic E-state index is 10.7. The van der Waals surface area contributed by atoms with Gasteiger partial charge in [-0.05, 0) is 24.3 Å². The minimum absolute atomic E-state index is 0.203. The lowest BCUT2D eigenvalue weighted by Gasteiger charge is -2.08. The number of carbonyl (C=O) groups is 1. The Labute approximate surface area is 123 Å². The van der Waals surface area contributed by atoms with Gasteiger partial charge >= 0.3 is 5.97 Å². The number of ether oxygens (including phenoxy) is 4. The average molecular weight is 296 g/mol. The quantitative estimate of drug-likeness (QED) is 0.379. The molecule has 0 aliphatic heterocycles. The number of hydrogen-bond donors (Lipinski definition) is 1. The molecule has 6 nitrogen and oxygen atoms in total. The normalized spacial score (nSPS) is 10.1. The van der Waals surface area contributed by atoms with Crippen LogP contribution in [-0.4, -0.2) is 50.7 Å². The highest BCUT2D eigenvalue weighted by atomic mass is 16.6. The number of phenolic OH excluding ortho intramolecular Hbond substituents is 1. The molecule has 1 aromatic rings. The van der Waals surface area contributed by atoms with Crippen LogP contribution in [0.15, 0.2) is 36.9 Å². The summed E-state index contributed by atoms with van der Waals surface area (Å²) < 4.78 is 20.6. The molecule has 1 N–H and O–H groups in total. The maximum absolute atomic E-state index is 10.7. The Morgan fingerprint density at radius 2 is 1.57 bits per heavy atom. The van der Waals surface area contributed by atoms with Crippen molar-refractivity contribution in [2.75, 3.05) is 39.6 Å². The zero-order valence-electron chi connectivity index (χ0n) is 11.8. The summed E-state index contributed by atoms with van der Waals surface area (Å²) in [6, 6.07) is 6.48. The number of benzene rings is 1. The third kappa shape index (κ3) is 8.67. The number of esters is 1. The number of rotatable bonds is 11. The van der Waals surface area contributed by atoms with E-state index in [9.17, 15) is 4.79 Å². The van der Waals surface area contributed by atoms with Gasteiger partial charge in [0.1, 0.15) is 24.7 Å². The highest BCUT2D eigenvalue weighted by Gasteiger charge is 1.96. The highest BCUT2D eigenvalue weighted by Crippen LogP contribution is 2.15. The van der Waals surface area contributed by atoms with Crippen molar-refractivity contribution >= 4 is 5.97 Å². The van der Waals surface area contributed by atoms with Crippen LogP contribution in [0.4, 0.5) is 0 Å². The molecule has 0 aliphatic rings. The van der Waals surface area contributed by atoms with Crippen molar-refractivity contribution < 1.29 is 28.8 Å². The Kier molecular flexibility index (Phi) is 8.67. The SMILES string of the molecule is C=CC(=O)OCCOCCOCCOc1ccc(O)cc1. The lowest BCUT2D eigenvalue weighted by Crippen LogP contribution is -2.13. The smallest absolute Gasteiger partial charge is 0.330 e. The average Bonchev–Trinajstić information content (AvgIpc) is 2.50. The predicted octanol–water partition coefficient (Wildman–Crippen LogP) is 1.53. The van der Waals surface area contributed by atoms with Crippen LogP contribution in [0.2, 0.25) is 0 Å². The zero-order chi connectivity index (χ0) is 15.3. The number of carbonyl (C=O) groups excluding carboxylic acids is 1. The molecule has 6 heteroatoms. The summed E-state index contributed by atoms with van der Waals surface area (Å²) >= 11 is 0. The lowest BCUT2D eigenvalue weighted by molar-refractivity contribution is -0.139. The molecule has 0 saturated carbocycles. The van der Waals surface area contributed by atoms with Crippen LogP contribution in [-0.2, 0) is 19.0 Å². The van der Waals surface area contributed by atoms with E-state index < -0.39 is 5.97 Å². The predicted molar refractivity (Wildman–Crippen MR) is 76.4 cm³/mol. The molecule has 1 rings (SSSR count). The fourth-order valence-electron chi connectivity index (χ4n) is 1.34. The summed E-state index contributed by atoms with van der Waals surface area (Å²) in [5.41, 5.74) is 0. The zero-order valence-corrected chi connectivity index (χ0v) is 11.8. The molecule has 0 atom stereocenters. The van der Waals surface area contributed by atoms with E-state index in [1.165, 1.54) is 0 Å². The molecular formula is C15H20O6. The number of hydrogen-bond acceptors (Lipinski definition) is 6. The summed E-state index contributed by atoms with van der Waals surface area (Å²) in [6.07, 6.45) is 1.11. The standard InChI is InChI=1S/C15H20O6/c1-2-15(17)21-12-10-19-8-7-18-9-11-20-14-5-3-13(16)4-6-14/h2-6,16H,1,7-12H2. The van der Waals surface area contributed by atoms with E-state index in [0.29, 0.717) is 38.8 Å². The van der Waals surface area contributed by atoms with Crippen LogP contribution in [0.1, 0.15) is 0 Å². The molecule has 0 saturated heterocycles. The molecular weight excluding hydrogens is 276 g/mol. The number of phenols is 1. The van der Waals surface area contributed by atoms with Crippen LogP contribution in [0.25, 0.3) is 0 Å². The summed E-state index contributed by atoms with van der Waals surface area (Å²) in [7, 11) is 0. The summed E-state index contributed by atoms with van der Waals surface area (Å²) in [4.78, 5) is 10.7. The van der Waals surface area contributed by atoms with Gasteiger partial charge in [-0.3, -0.25) is 0 Å². The molecule has 0 aliphatic carbocycles. The molecule has 0 heterocycles. The molecule has 1 aromatic carbocycles. The van der Waals surface area contributed by atoms with Crippen LogP contribution in [0.3, 0.4) is 0 Å². The summed E-state index contributed by atoms with van der Waals surface area (Å²) in [5.74, 6) is 0.424. The third-order valence-corrected chi connectivity index (χ3v) is 2.34. The van der Waals surface area contributed by atoms with Crippen molar-refractivity contribution in [2.24, 2.45) is 0 Å². The van der Waals surface area contributed by atoms with Gasteiger partial charge in [0.2, 0.25) is 0 Å². The van der Waals surface area contributed by atoms with E-state index in [-0.39, 0.29) is 12.4 Å².